The van der Waals surface area contributed by atoms with Crippen LogP contribution in [0.15, 0.2) is 42.5 Å². The van der Waals surface area contributed by atoms with Crippen molar-refractivity contribution in [3.63, 3.8) is 0 Å². The fourth-order valence-corrected chi connectivity index (χ4v) is 9.92. The average molecular weight is 991 g/mol. The Morgan fingerprint density at radius 2 is 1.61 bits per heavy atom. The van der Waals surface area contributed by atoms with E-state index in [1.165, 1.54) is 19.6 Å². The number of carbonyl (C=O) groups is 5. The average Bonchev–Trinajstić information content (AvgIpc) is 3.29. The van der Waals surface area contributed by atoms with Crippen LogP contribution in [0.3, 0.4) is 0 Å². The van der Waals surface area contributed by atoms with Crippen molar-refractivity contribution < 1.29 is 76.8 Å². The molecule has 2 fully saturated rings. The molecule has 1 aromatic carbocycles. The van der Waals surface area contributed by atoms with Crippen LogP contribution < -0.4 is 0 Å². The maximum Gasteiger partial charge on any atom is 0.310 e. The fraction of sp³-hybridized carbons (Fsp3) is 0.750. The van der Waals surface area contributed by atoms with Crippen LogP contribution in [0.5, 0.6) is 0 Å². The SMILES string of the molecule is CCC(=O)O[C@@H]1CC(=O)OC(C)/C=C/CN(CCCCc2ccccc2)C[C@H](O)[C@H](C)C[C@H](CC=O)[C@H](O[C@@H]2OC(C)[C@@H](O[C@H]3CC(C)(OC(C)=O)[C@@H](OC(=O)CC)C(C)O3)C(N(C)C)C2O)[C@H]1OC. The Balaban J connectivity index is 1.67. The minimum absolute atomic E-state index is 0.0156. The first-order valence-corrected chi connectivity index (χ1v) is 25.1. The van der Waals surface area contributed by atoms with Gasteiger partial charge in [-0.25, -0.2) is 0 Å². The van der Waals surface area contributed by atoms with Crippen molar-refractivity contribution in [3.05, 3.63) is 48.0 Å². The third kappa shape index (κ3) is 17.1. The first kappa shape index (κ1) is 58.7. The Bertz CT molecular complexity index is 1820. The summed E-state index contributed by atoms with van der Waals surface area (Å²) in [7, 11) is 4.89. The highest BCUT2D eigenvalue weighted by Crippen LogP contribution is 2.39. The van der Waals surface area contributed by atoms with Gasteiger partial charge in [-0.05, 0) is 97.5 Å². The van der Waals surface area contributed by atoms with E-state index in [-0.39, 0.29) is 32.1 Å². The molecule has 0 bridgehead atoms. The lowest BCUT2D eigenvalue weighted by atomic mass is 9.82. The molecule has 0 radical (unpaired) electrons. The van der Waals surface area contributed by atoms with E-state index in [0.717, 1.165) is 25.5 Å². The van der Waals surface area contributed by atoms with E-state index in [9.17, 15) is 34.2 Å². The number of likely N-dealkylation sites (N-methyl/N-ethyl adjacent to an activating group) is 1. The first-order chi connectivity index (χ1) is 33.2. The summed E-state index contributed by atoms with van der Waals surface area (Å²) in [5, 5.41) is 24.2. The molecule has 18 nitrogen and oxygen atoms in total. The van der Waals surface area contributed by atoms with E-state index >= 15 is 0 Å². The molecular weight excluding hydrogens is 909 g/mol. The minimum Gasteiger partial charge on any atom is -0.459 e. The first-order valence-electron chi connectivity index (χ1n) is 25.1. The van der Waals surface area contributed by atoms with Gasteiger partial charge in [-0.3, -0.25) is 24.1 Å². The molecule has 0 amide bonds. The molecule has 0 aromatic heterocycles. The van der Waals surface area contributed by atoms with Crippen LogP contribution in [0.4, 0.5) is 0 Å². The Morgan fingerprint density at radius 1 is 0.929 bits per heavy atom. The summed E-state index contributed by atoms with van der Waals surface area (Å²) in [5.74, 6) is -3.47. The number of carbonyl (C=O) groups excluding carboxylic acids is 5. The van der Waals surface area contributed by atoms with Gasteiger partial charge in [0.1, 0.15) is 36.8 Å². The number of benzene rings is 1. The summed E-state index contributed by atoms with van der Waals surface area (Å²) in [6.07, 6.45) is -5.36. The van der Waals surface area contributed by atoms with Crippen molar-refractivity contribution >= 4 is 30.2 Å². The normalized spacial score (nSPS) is 35.6. The molecule has 3 aliphatic heterocycles. The zero-order valence-corrected chi connectivity index (χ0v) is 43.3. The second kappa shape index (κ2) is 28.4. The fourth-order valence-electron chi connectivity index (χ4n) is 9.92. The second-order valence-electron chi connectivity index (χ2n) is 19.6. The highest BCUT2D eigenvalue weighted by atomic mass is 16.7. The number of cyclic esters (lactones) is 1. The quantitative estimate of drug-likeness (QED) is 0.0669. The third-order valence-electron chi connectivity index (χ3n) is 13.5. The lowest BCUT2D eigenvalue weighted by Gasteiger charge is -2.50. The molecule has 6 unspecified atom stereocenters. The molecule has 396 valence electrons. The molecule has 16 atom stereocenters. The molecular formula is C52H82N2O16. The van der Waals surface area contributed by atoms with Gasteiger partial charge in [-0.2, -0.15) is 0 Å². The largest absolute Gasteiger partial charge is 0.459 e. The number of ether oxygens (including phenoxy) is 9. The molecule has 4 rings (SSSR count). The predicted octanol–water partition coefficient (Wildman–Crippen LogP) is 4.72. The van der Waals surface area contributed by atoms with E-state index < -0.39 is 127 Å². The highest BCUT2D eigenvalue weighted by Gasteiger charge is 2.54. The van der Waals surface area contributed by atoms with E-state index in [1.807, 2.05) is 31.2 Å². The number of aliphatic hydroxyl groups is 2. The van der Waals surface area contributed by atoms with Crippen LogP contribution in [0, 0.1) is 11.8 Å². The molecule has 3 heterocycles. The van der Waals surface area contributed by atoms with Crippen molar-refractivity contribution in [1.82, 2.24) is 9.80 Å². The molecule has 3 aliphatic rings. The Hall–Kier alpha value is -3.85. The number of rotatable bonds is 18. The number of hydrogen-bond donors (Lipinski definition) is 2. The monoisotopic (exact) mass is 991 g/mol. The molecule has 1 aromatic rings. The van der Waals surface area contributed by atoms with Gasteiger partial charge < -0.3 is 62.5 Å². The van der Waals surface area contributed by atoms with Crippen LogP contribution in [-0.4, -0.2) is 176 Å². The lowest BCUT2D eigenvalue weighted by molar-refractivity contribution is -0.344. The van der Waals surface area contributed by atoms with E-state index in [4.69, 9.17) is 42.6 Å². The van der Waals surface area contributed by atoms with Gasteiger partial charge in [0.25, 0.3) is 0 Å². The van der Waals surface area contributed by atoms with Crippen LogP contribution in [0.2, 0.25) is 0 Å². The standard InChI is InChI=1S/C52H82N2O16/c1-12-41(58)66-40-29-43(60)63-33(4)20-19-26-54(25-18-17-23-37-21-15-14-16-22-37)31-39(57)32(3)28-38(24-27-55)48(49(40)62-11)69-51-46(61)45(53(9)10)47(34(5)65-51)68-44-30-52(8,70-36(7)56)50(35(6)64-44)67-42(59)13-2/h14-16,19-22,27,32-35,38-40,44-51,57,61H,12-13,17-18,23-26,28-31H2,1-11H3/b20-19+/t32-,33?,34?,35?,38+,39+,40-,44+,45?,46?,47-,48+,49+,50+,51+,52?/m1/s1. The Labute approximate surface area is 414 Å². The van der Waals surface area contributed by atoms with Crippen LogP contribution in [-0.2, 0) is 73.0 Å². The minimum atomic E-state index is -1.43. The van der Waals surface area contributed by atoms with Gasteiger partial charge >= 0.3 is 23.9 Å². The van der Waals surface area contributed by atoms with Gasteiger partial charge in [0.2, 0.25) is 0 Å². The number of aryl methyl sites for hydroxylation is 1. The molecule has 0 saturated carbocycles. The van der Waals surface area contributed by atoms with Gasteiger partial charge in [-0.1, -0.05) is 57.2 Å². The van der Waals surface area contributed by atoms with Crippen molar-refractivity contribution in [2.24, 2.45) is 11.8 Å². The third-order valence-corrected chi connectivity index (χ3v) is 13.5. The lowest BCUT2D eigenvalue weighted by Crippen LogP contribution is -2.66. The number of aldehydes is 1. The van der Waals surface area contributed by atoms with Gasteiger partial charge in [0, 0.05) is 52.8 Å². The zero-order valence-electron chi connectivity index (χ0n) is 43.3. The molecule has 2 saturated heterocycles. The molecule has 0 aliphatic carbocycles. The molecule has 18 heteroatoms. The van der Waals surface area contributed by atoms with E-state index in [1.54, 1.807) is 66.6 Å². The molecule has 0 spiro atoms. The number of aliphatic hydroxyl groups excluding tert-OH is 2. The summed E-state index contributed by atoms with van der Waals surface area (Å²) in [4.78, 5) is 68.1. The van der Waals surface area contributed by atoms with Gasteiger partial charge in [0.05, 0.1) is 36.9 Å². The summed E-state index contributed by atoms with van der Waals surface area (Å²) in [6.45, 7) is 14.8. The summed E-state index contributed by atoms with van der Waals surface area (Å²) >= 11 is 0. The topological polar surface area (TPSA) is 215 Å². The Morgan fingerprint density at radius 3 is 2.24 bits per heavy atom. The molecule has 2 N–H and O–H groups in total. The number of unbranched alkanes of at least 4 members (excludes halogenated alkanes) is 1. The highest BCUT2D eigenvalue weighted by molar-refractivity contribution is 5.73. The van der Waals surface area contributed by atoms with E-state index in [0.29, 0.717) is 19.6 Å². The summed E-state index contributed by atoms with van der Waals surface area (Å²) < 4.78 is 55.5. The van der Waals surface area contributed by atoms with Gasteiger partial charge in [-0.15, -0.1) is 0 Å². The van der Waals surface area contributed by atoms with Gasteiger partial charge in [0.15, 0.2) is 24.3 Å². The number of hydrogen-bond acceptors (Lipinski definition) is 18. The number of methoxy groups -OCH3 is 1. The van der Waals surface area contributed by atoms with Crippen molar-refractivity contribution in [3.8, 4) is 0 Å². The summed E-state index contributed by atoms with van der Waals surface area (Å²) in [6, 6.07) is 9.44. The number of nitrogens with zero attached hydrogens (tertiary/aromatic N) is 2. The summed E-state index contributed by atoms with van der Waals surface area (Å²) in [5.41, 5.74) is -0.0710. The van der Waals surface area contributed by atoms with Crippen molar-refractivity contribution in [2.45, 2.75) is 198 Å². The second-order valence-corrected chi connectivity index (χ2v) is 19.6. The maximum absolute atomic E-state index is 13.7. The van der Waals surface area contributed by atoms with Crippen LogP contribution in [0.25, 0.3) is 0 Å². The smallest absolute Gasteiger partial charge is 0.310 e. The number of esters is 4. The Kier molecular flexibility index (Phi) is 23.8. The molecule has 70 heavy (non-hydrogen) atoms. The predicted molar refractivity (Wildman–Crippen MR) is 257 cm³/mol. The number of β-amino-alcohol motifs (C(OH)–C–C–N with tert-alkyl or cyclic N) is 1. The van der Waals surface area contributed by atoms with Crippen LogP contribution >= 0.6 is 0 Å². The zero-order chi connectivity index (χ0) is 51.7. The van der Waals surface area contributed by atoms with E-state index in [2.05, 4.69) is 17.0 Å². The van der Waals surface area contributed by atoms with Crippen molar-refractivity contribution in [2.75, 3.05) is 40.8 Å². The maximum atomic E-state index is 13.7. The van der Waals surface area contributed by atoms with Crippen molar-refractivity contribution in [1.29, 1.82) is 0 Å². The van der Waals surface area contributed by atoms with Crippen LogP contribution in [0.1, 0.15) is 112 Å².